The summed E-state index contributed by atoms with van der Waals surface area (Å²) in [5.74, 6) is -0.756. The van der Waals surface area contributed by atoms with Gasteiger partial charge in [-0.15, -0.1) is 0 Å². The molecule has 0 bridgehead atoms. The van der Waals surface area contributed by atoms with Crippen LogP contribution in [-0.4, -0.2) is 53.8 Å². The molecular formula is C19H22N4O5. The topological polar surface area (TPSA) is 109 Å². The first-order valence-corrected chi connectivity index (χ1v) is 9.07. The van der Waals surface area contributed by atoms with Gasteiger partial charge in [0.15, 0.2) is 5.75 Å². The zero-order valence-corrected chi connectivity index (χ0v) is 15.4. The highest BCUT2D eigenvalue weighted by atomic mass is 16.6. The van der Waals surface area contributed by atoms with E-state index in [0.717, 1.165) is 37.6 Å². The van der Waals surface area contributed by atoms with Crippen LogP contribution in [0.15, 0.2) is 42.7 Å². The molecule has 9 nitrogen and oxygen atoms in total. The number of hydrogen-bond donors (Lipinski definition) is 1. The number of ether oxygens (including phenoxy) is 1. The number of nitro benzene ring substituents is 1. The summed E-state index contributed by atoms with van der Waals surface area (Å²) in [5, 5.41) is 20.1. The van der Waals surface area contributed by atoms with Crippen molar-refractivity contribution in [3.63, 3.8) is 0 Å². The summed E-state index contributed by atoms with van der Waals surface area (Å²) >= 11 is 0. The van der Waals surface area contributed by atoms with Gasteiger partial charge in [0, 0.05) is 62.4 Å². The van der Waals surface area contributed by atoms with Crippen molar-refractivity contribution >= 4 is 23.0 Å². The molecular weight excluding hydrogens is 364 g/mol. The first kappa shape index (κ1) is 19.4. The zero-order valence-electron chi connectivity index (χ0n) is 15.4. The lowest BCUT2D eigenvalue weighted by molar-refractivity contribution is -0.385. The van der Waals surface area contributed by atoms with E-state index in [9.17, 15) is 14.9 Å². The van der Waals surface area contributed by atoms with E-state index in [1.54, 1.807) is 18.5 Å². The second-order valence-electron chi connectivity index (χ2n) is 6.43. The van der Waals surface area contributed by atoms with Gasteiger partial charge < -0.3 is 19.6 Å². The summed E-state index contributed by atoms with van der Waals surface area (Å²) in [5.41, 5.74) is 1.79. The van der Waals surface area contributed by atoms with Crippen LogP contribution in [0.5, 0.6) is 5.75 Å². The number of hydrogen-bond acceptors (Lipinski definition) is 7. The minimum atomic E-state index is -0.917. The van der Waals surface area contributed by atoms with Crippen molar-refractivity contribution in [3.05, 3.63) is 52.8 Å². The number of carboxylic acid groups (broad SMARTS) is 1. The maximum atomic E-state index is 11.4. The Morgan fingerprint density at radius 2 is 1.75 bits per heavy atom. The molecule has 1 aliphatic heterocycles. The van der Waals surface area contributed by atoms with E-state index in [1.165, 1.54) is 6.07 Å². The molecule has 0 spiro atoms. The summed E-state index contributed by atoms with van der Waals surface area (Å²) < 4.78 is 5.43. The third-order valence-corrected chi connectivity index (χ3v) is 4.60. The van der Waals surface area contributed by atoms with Gasteiger partial charge in [0.1, 0.15) is 0 Å². The van der Waals surface area contributed by atoms with Crippen molar-refractivity contribution < 1.29 is 19.6 Å². The van der Waals surface area contributed by atoms with Crippen molar-refractivity contribution in [1.82, 2.24) is 4.98 Å². The monoisotopic (exact) mass is 386 g/mol. The molecule has 2 heterocycles. The second kappa shape index (κ2) is 9.03. The van der Waals surface area contributed by atoms with E-state index in [0.29, 0.717) is 6.42 Å². The van der Waals surface area contributed by atoms with E-state index < -0.39 is 10.9 Å². The Bertz CT molecular complexity index is 822. The Hall–Kier alpha value is -3.36. The molecule has 0 unspecified atom stereocenters. The largest absolute Gasteiger partial charge is 0.487 e. The lowest BCUT2D eigenvalue weighted by atomic mass is 10.2. The maximum Gasteiger partial charge on any atom is 0.312 e. The fourth-order valence-electron chi connectivity index (χ4n) is 3.15. The van der Waals surface area contributed by atoms with Gasteiger partial charge in [0.05, 0.1) is 11.5 Å². The molecule has 3 rings (SSSR count). The minimum Gasteiger partial charge on any atom is -0.487 e. The van der Waals surface area contributed by atoms with Crippen LogP contribution < -0.4 is 14.5 Å². The van der Waals surface area contributed by atoms with E-state index in [-0.39, 0.29) is 24.5 Å². The molecule has 0 amide bonds. The van der Waals surface area contributed by atoms with E-state index >= 15 is 0 Å². The van der Waals surface area contributed by atoms with Crippen molar-refractivity contribution in [2.24, 2.45) is 0 Å². The molecule has 2 aromatic rings. The Kier molecular flexibility index (Phi) is 6.25. The third kappa shape index (κ3) is 4.87. The number of aliphatic carboxylic acids is 1. The number of piperazine rings is 1. The Morgan fingerprint density at radius 1 is 1.11 bits per heavy atom. The van der Waals surface area contributed by atoms with Gasteiger partial charge in [-0.2, -0.15) is 0 Å². The van der Waals surface area contributed by atoms with Gasteiger partial charge in [-0.1, -0.05) is 0 Å². The summed E-state index contributed by atoms with van der Waals surface area (Å²) in [7, 11) is 0. The summed E-state index contributed by atoms with van der Waals surface area (Å²) in [6.45, 7) is 3.24. The van der Waals surface area contributed by atoms with Gasteiger partial charge >= 0.3 is 11.7 Å². The minimum absolute atomic E-state index is 0.0341. The molecule has 1 aromatic carbocycles. The molecule has 1 fully saturated rings. The SMILES string of the molecule is O=C(O)CCCOc1ccc(N2CCN(c3ccncc3)CC2)cc1[N+](=O)[O-]. The third-order valence-electron chi connectivity index (χ3n) is 4.60. The number of nitro groups is 1. The lowest BCUT2D eigenvalue weighted by Crippen LogP contribution is -2.46. The average Bonchev–Trinajstić information content (AvgIpc) is 2.72. The predicted molar refractivity (Wildman–Crippen MR) is 104 cm³/mol. The smallest absolute Gasteiger partial charge is 0.312 e. The van der Waals surface area contributed by atoms with Crippen LogP contribution in [0.4, 0.5) is 17.1 Å². The molecule has 1 aromatic heterocycles. The number of carbonyl (C=O) groups is 1. The zero-order chi connectivity index (χ0) is 19.9. The molecule has 0 atom stereocenters. The average molecular weight is 386 g/mol. The fourth-order valence-corrected chi connectivity index (χ4v) is 3.15. The van der Waals surface area contributed by atoms with Crippen LogP contribution in [0, 0.1) is 10.1 Å². The Morgan fingerprint density at radius 3 is 2.36 bits per heavy atom. The van der Waals surface area contributed by atoms with E-state index in [4.69, 9.17) is 9.84 Å². The van der Waals surface area contributed by atoms with Crippen LogP contribution in [0.2, 0.25) is 0 Å². The number of benzene rings is 1. The van der Waals surface area contributed by atoms with Crippen LogP contribution in [0.1, 0.15) is 12.8 Å². The normalized spacial score (nSPS) is 14.0. The number of carboxylic acids is 1. The molecule has 9 heteroatoms. The van der Waals surface area contributed by atoms with Gasteiger partial charge in [0.25, 0.3) is 0 Å². The van der Waals surface area contributed by atoms with Gasteiger partial charge in [-0.05, 0) is 30.7 Å². The van der Waals surface area contributed by atoms with E-state index in [2.05, 4.69) is 14.8 Å². The maximum absolute atomic E-state index is 11.4. The predicted octanol–water partition coefficient (Wildman–Crippen LogP) is 2.56. The Balaban J connectivity index is 1.63. The highest BCUT2D eigenvalue weighted by molar-refractivity contribution is 5.66. The number of anilines is 2. The Labute approximate surface area is 162 Å². The van der Waals surface area contributed by atoms with E-state index in [1.807, 2.05) is 18.2 Å². The van der Waals surface area contributed by atoms with Crippen molar-refractivity contribution in [2.75, 3.05) is 42.6 Å². The number of aromatic nitrogens is 1. The lowest BCUT2D eigenvalue weighted by Gasteiger charge is -2.37. The molecule has 1 N–H and O–H groups in total. The van der Waals surface area contributed by atoms with Crippen LogP contribution in [-0.2, 0) is 4.79 Å². The summed E-state index contributed by atoms with van der Waals surface area (Å²) in [6.07, 6.45) is 3.79. The summed E-state index contributed by atoms with van der Waals surface area (Å²) in [4.78, 5) is 29.9. The van der Waals surface area contributed by atoms with Crippen LogP contribution in [0.25, 0.3) is 0 Å². The summed E-state index contributed by atoms with van der Waals surface area (Å²) in [6, 6.07) is 8.85. The molecule has 1 saturated heterocycles. The first-order chi connectivity index (χ1) is 13.5. The van der Waals surface area contributed by atoms with Crippen molar-refractivity contribution in [1.29, 1.82) is 0 Å². The number of nitrogens with zero attached hydrogens (tertiary/aromatic N) is 4. The number of pyridine rings is 1. The van der Waals surface area contributed by atoms with Crippen molar-refractivity contribution in [3.8, 4) is 5.75 Å². The highest BCUT2D eigenvalue weighted by Crippen LogP contribution is 2.32. The first-order valence-electron chi connectivity index (χ1n) is 9.07. The molecule has 28 heavy (non-hydrogen) atoms. The molecule has 0 radical (unpaired) electrons. The van der Waals surface area contributed by atoms with Gasteiger partial charge in [-0.3, -0.25) is 19.9 Å². The molecule has 0 aliphatic carbocycles. The second-order valence-corrected chi connectivity index (χ2v) is 6.43. The standard InChI is InChI=1S/C19H22N4O5/c24-19(25)2-1-13-28-18-4-3-16(14-17(18)23(26)27)22-11-9-21(10-12-22)15-5-7-20-8-6-15/h3-8,14H,1-2,9-13H2,(H,24,25). The van der Waals surface area contributed by atoms with Gasteiger partial charge in [-0.25, -0.2) is 0 Å². The van der Waals surface area contributed by atoms with Gasteiger partial charge in [0.2, 0.25) is 0 Å². The molecule has 1 aliphatic rings. The molecule has 0 saturated carbocycles. The quantitative estimate of drug-likeness (QED) is 0.419. The van der Waals surface area contributed by atoms with Crippen LogP contribution >= 0.6 is 0 Å². The van der Waals surface area contributed by atoms with Crippen molar-refractivity contribution in [2.45, 2.75) is 12.8 Å². The fraction of sp³-hybridized carbons (Fsp3) is 0.368. The molecule has 148 valence electrons. The van der Waals surface area contributed by atoms with Crippen LogP contribution in [0.3, 0.4) is 0 Å². The highest BCUT2D eigenvalue weighted by Gasteiger charge is 2.22. The number of rotatable bonds is 8.